The summed E-state index contributed by atoms with van der Waals surface area (Å²) in [4.78, 5) is 33.1. The first kappa shape index (κ1) is 35.4. The number of fused-ring (bicyclic) bond motifs is 7. The number of aliphatic carboxylic acids is 1. The Morgan fingerprint density at radius 1 is 0.936 bits per heavy atom. The minimum absolute atomic E-state index is 0.00104. The first-order chi connectivity index (χ1) is 21.8. The van der Waals surface area contributed by atoms with Crippen molar-refractivity contribution in [3.63, 3.8) is 0 Å². The summed E-state index contributed by atoms with van der Waals surface area (Å²) in [6.45, 7) is 15.1. The number of nitrogens with zero attached hydrogens (tertiary/aromatic N) is 1. The molecule has 1 aliphatic heterocycles. The van der Waals surface area contributed by atoms with Gasteiger partial charge < -0.3 is 30.3 Å². The number of hydroxylamine groups is 2. The van der Waals surface area contributed by atoms with E-state index in [4.69, 9.17) is 9.57 Å². The SMILES string of the molecule is CON([C@@H]1O[C@H](CO)[C@@H](O)[C@H](O)[C@H]1O)[C@H]1CC[C@@]2(C)C(CC[C@]3(C)[C@@H]2C(=O)C=C2[C@@H]4C[C@@](C)(C(=O)O)CC[C@]4(C)CC[C@]23C)C1(C)C. The Morgan fingerprint density at radius 2 is 1.60 bits per heavy atom. The zero-order valence-electron chi connectivity index (χ0n) is 29.7. The van der Waals surface area contributed by atoms with E-state index in [0.717, 1.165) is 38.5 Å². The van der Waals surface area contributed by atoms with Gasteiger partial charge in [-0.2, -0.15) is 5.06 Å². The highest BCUT2D eigenvalue weighted by atomic mass is 16.7. The predicted octanol–water partition coefficient (Wildman–Crippen LogP) is 4.08. The Morgan fingerprint density at radius 3 is 2.21 bits per heavy atom. The molecule has 0 aromatic rings. The number of rotatable bonds is 5. The van der Waals surface area contributed by atoms with E-state index in [1.165, 1.54) is 12.7 Å². The second-order valence-electron chi connectivity index (χ2n) is 18.2. The molecular formula is C37H59NO9. The van der Waals surface area contributed by atoms with Crippen LogP contribution >= 0.6 is 0 Å². The van der Waals surface area contributed by atoms with Crippen LogP contribution in [0.3, 0.4) is 0 Å². The van der Waals surface area contributed by atoms with Crippen LogP contribution in [0.1, 0.15) is 106 Å². The van der Waals surface area contributed by atoms with Gasteiger partial charge >= 0.3 is 5.97 Å². The summed E-state index contributed by atoms with van der Waals surface area (Å²) in [5, 5.41) is 53.6. The molecule has 0 aromatic heterocycles. The number of carbonyl (C=O) groups excluding carboxylic acids is 1. The number of ether oxygens (including phenoxy) is 1. The molecule has 4 saturated carbocycles. The summed E-state index contributed by atoms with van der Waals surface area (Å²) in [5.41, 5.74) is -0.789. The highest BCUT2D eigenvalue weighted by Gasteiger charge is 2.71. The fourth-order valence-corrected chi connectivity index (χ4v) is 12.5. The van der Waals surface area contributed by atoms with E-state index >= 15 is 0 Å². The maximum absolute atomic E-state index is 14.7. The van der Waals surface area contributed by atoms with Gasteiger partial charge in [0.05, 0.1) is 19.1 Å². The maximum Gasteiger partial charge on any atom is 0.309 e. The Balaban J connectivity index is 1.35. The fraction of sp³-hybridized carbons (Fsp3) is 0.892. The van der Waals surface area contributed by atoms with Crippen LogP contribution in [0.4, 0.5) is 0 Å². The van der Waals surface area contributed by atoms with Crippen molar-refractivity contribution in [2.45, 2.75) is 143 Å². The average Bonchev–Trinajstić information content (AvgIpc) is 3.00. The Hall–Kier alpha value is -1.40. The number of aliphatic hydroxyl groups is 4. The lowest BCUT2D eigenvalue weighted by Gasteiger charge is -2.71. The van der Waals surface area contributed by atoms with Gasteiger partial charge in [0.15, 0.2) is 12.0 Å². The monoisotopic (exact) mass is 661 g/mol. The fourth-order valence-electron chi connectivity index (χ4n) is 12.5. The number of aliphatic hydroxyl groups excluding tert-OH is 4. The van der Waals surface area contributed by atoms with Gasteiger partial charge in [0, 0.05) is 12.0 Å². The number of carbonyl (C=O) groups is 2. The van der Waals surface area contributed by atoms with Crippen LogP contribution < -0.4 is 0 Å². The summed E-state index contributed by atoms with van der Waals surface area (Å²) < 4.78 is 5.96. The zero-order chi connectivity index (χ0) is 34.7. The molecule has 10 nitrogen and oxygen atoms in total. The molecule has 14 atom stereocenters. The Labute approximate surface area is 279 Å². The average molecular weight is 662 g/mol. The summed E-state index contributed by atoms with van der Waals surface area (Å²) in [5.74, 6) is -0.532. The first-order valence-corrected chi connectivity index (χ1v) is 17.9. The highest BCUT2D eigenvalue weighted by molar-refractivity contribution is 5.95. The summed E-state index contributed by atoms with van der Waals surface area (Å²) >= 11 is 0. The van der Waals surface area contributed by atoms with Gasteiger partial charge in [0.25, 0.3) is 0 Å². The Kier molecular flexibility index (Phi) is 8.52. The molecule has 5 N–H and O–H groups in total. The molecule has 1 heterocycles. The summed E-state index contributed by atoms with van der Waals surface area (Å²) in [7, 11) is 1.51. The van der Waals surface area contributed by atoms with Crippen LogP contribution in [-0.4, -0.2) is 92.8 Å². The quantitative estimate of drug-likeness (QED) is 0.272. The van der Waals surface area contributed by atoms with Crippen molar-refractivity contribution < 1.29 is 44.7 Å². The van der Waals surface area contributed by atoms with Gasteiger partial charge in [-0.05, 0) is 110 Å². The molecule has 0 bridgehead atoms. The van der Waals surface area contributed by atoms with Crippen molar-refractivity contribution in [2.24, 2.45) is 50.2 Å². The number of carboxylic acids is 1. The molecule has 5 fully saturated rings. The topological polar surface area (TPSA) is 157 Å². The van der Waals surface area contributed by atoms with Crippen LogP contribution in [0.15, 0.2) is 11.6 Å². The van der Waals surface area contributed by atoms with Crippen LogP contribution in [0.2, 0.25) is 0 Å². The third-order valence-corrected chi connectivity index (χ3v) is 15.7. The van der Waals surface area contributed by atoms with Crippen molar-refractivity contribution in [2.75, 3.05) is 13.7 Å². The molecule has 0 spiro atoms. The number of hydrogen-bond donors (Lipinski definition) is 5. The van der Waals surface area contributed by atoms with Gasteiger partial charge in [-0.25, -0.2) is 0 Å². The van der Waals surface area contributed by atoms with Crippen molar-refractivity contribution in [3.8, 4) is 0 Å². The molecule has 10 heteroatoms. The van der Waals surface area contributed by atoms with E-state index in [0.29, 0.717) is 19.3 Å². The molecule has 0 aromatic carbocycles. The van der Waals surface area contributed by atoms with Crippen LogP contribution in [0.25, 0.3) is 0 Å². The third-order valence-electron chi connectivity index (χ3n) is 15.7. The van der Waals surface area contributed by atoms with E-state index in [9.17, 15) is 35.1 Å². The van der Waals surface area contributed by atoms with Gasteiger partial charge in [-0.3, -0.25) is 14.4 Å². The lowest BCUT2D eigenvalue weighted by atomic mass is 9.33. The molecule has 47 heavy (non-hydrogen) atoms. The van der Waals surface area contributed by atoms with Gasteiger partial charge in [-0.1, -0.05) is 47.1 Å². The van der Waals surface area contributed by atoms with E-state index in [-0.39, 0.29) is 51.2 Å². The number of allylic oxidation sites excluding steroid dienone is 2. The summed E-state index contributed by atoms with van der Waals surface area (Å²) in [6.07, 6.45) is 2.77. The Bertz CT molecular complexity index is 1320. The second-order valence-corrected chi connectivity index (χ2v) is 18.2. The predicted molar refractivity (Wildman–Crippen MR) is 173 cm³/mol. The van der Waals surface area contributed by atoms with Gasteiger partial charge in [-0.15, -0.1) is 0 Å². The van der Waals surface area contributed by atoms with Crippen molar-refractivity contribution >= 4 is 11.8 Å². The highest BCUT2D eigenvalue weighted by Crippen LogP contribution is 2.75. The number of carboxylic acid groups (broad SMARTS) is 1. The van der Waals surface area contributed by atoms with E-state index in [2.05, 4.69) is 41.5 Å². The lowest BCUT2D eigenvalue weighted by molar-refractivity contribution is -0.356. The smallest absolute Gasteiger partial charge is 0.309 e. The standard InChI is InChI=1S/C37H59NO9/c1-32(2)24-9-12-37(7)29(22(40)17-20-21-18-34(4,31(44)45)14-13-33(21,3)15-16-36(20,37)6)35(24,5)11-10-25(32)38(46-8)30-28(43)27(42)26(41)23(19-39)47-30/h17,21,23-30,39,41-43H,9-16,18-19H2,1-8H3,(H,44,45)/t21-,23+,24?,25-,26+,27-,28+,29+,30+,33+,34-,35-,36+,37+/m0/s1. The van der Waals surface area contributed by atoms with Crippen molar-refractivity contribution in [3.05, 3.63) is 11.6 Å². The maximum atomic E-state index is 14.7. The number of ketones is 1. The first-order valence-electron chi connectivity index (χ1n) is 17.9. The molecule has 6 rings (SSSR count). The third kappa shape index (κ3) is 4.75. The molecule has 6 aliphatic rings. The van der Waals surface area contributed by atoms with Gasteiger partial charge in [0.1, 0.15) is 24.4 Å². The molecule has 266 valence electrons. The van der Waals surface area contributed by atoms with Crippen LogP contribution in [-0.2, 0) is 19.2 Å². The molecule has 1 unspecified atom stereocenters. The minimum Gasteiger partial charge on any atom is -0.481 e. The zero-order valence-corrected chi connectivity index (χ0v) is 29.7. The molecule has 5 aliphatic carbocycles. The largest absolute Gasteiger partial charge is 0.481 e. The summed E-state index contributed by atoms with van der Waals surface area (Å²) in [6, 6.07) is -0.233. The van der Waals surface area contributed by atoms with E-state index in [1.54, 1.807) is 5.06 Å². The number of hydrogen-bond acceptors (Lipinski definition) is 9. The molecule has 1 saturated heterocycles. The lowest BCUT2D eigenvalue weighted by Crippen LogP contribution is -2.70. The molecule has 0 radical (unpaired) electrons. The second kappa shape index (κ2) is 11.3. The molecule has 0 amide bonds. The van der Waals surface area contributed by atoms with Gasteiger partial charge in [0.2, 0.25) is 0 Å². The normalized spacial score (nSPS) is 52.5. The van der Waals surface area contributed by atoms with E-state index in [1.807, 2.05) is 13.0 Å². The van der Waals surface area contributed by atoms with Crippen molar-refractivity contribution in [1.82, 2.24) is 5.06 Å². The minimum atomic E-state index is -1.51. The molecular weight excluding hydrogens is 602 g/mol. The van der Waals surface area contributed by atoms with Crippen molar-refractivity contribution in [1.29, 1.82) is 0 Å². The van der Waals surface area contributed by atoms with Crippen LogP contribution in [0.5, 0.6) is 0 Å². The van der Waals surface area contributed by atoms with Crippen LogP contribution in [0, 0.1) is 50.2 Å². The van der Waals surface area contributed by atoms with E-state index < -0.39 is 54.0 Å².